The fourth-order valence-corrected chi connectivity index (χ4v) is 3.55. The fourth-order valence-electron chi connectivity index (χ4n) is 3.55. The summed E-state index contributed by atoms with van der Waals surface area (Å²) in [5.74, 6) is 1.51. The highest BCUT2D eigenvalue weighted by atomic mass is 15.3. The highest BCUT2D eigenvalue weighted by Crippen LogP contribution is 2.31. The zero-order valence-electron chi connectivity index (χ0n) is 14.4. The highest BCUT2D eigenvalue weighted by Gasteiger charge is 2.38. The minimum atomic E-state index is 0.470. The number of pyridine rings is 1. The first-order valence-electron chi connectivity index (χ1n) is 8.87. The van der Waals surface area contributed by atoms with Crippen molar-refractivity contribution >= 4 is 11.6 Å². The molecule has 128 valence electrons. The molecule has 0 bridgehead atoms. The summed E-state index contributed by atoms with van der Waals surface area (Å²) in [6, 6.07) is 7.35. The largest absolute Gasteiger partial charge is 0.352 e. The second-order valence-corrected chi connectivity index (χ2v) is 7.04. The van der Waals surface area contributed by atoms with Crippen LogP contribution < -0.4 is 10.6 Å². The molecule has 4 rings (SSSR count). The summed E-state index contributed by atoms with van der Waals surface area (Å²) < 4.78 is 2.04. The Kier molecular flexibility index (Phi) is 4.14. The van der Waals surface area contributed by atoms with E-state index in [1.54, 1.807) is 0 Å². The first-order chi connectivity index (χ1) is 11.7. The number of aliphatic imine (C=N–C) groups is 1. The van der Waals surface area contributed by atoms with E-state index in [1.165, 1.54) is 19.4 Å². The van der Waals surface area contributed by atoms with E-state index >= 15 is 0 Å². The summed E-state index contributed by atoms with van der Waals surface area (Å²) in [6.45, 7) is 5.33. The fraction of sp³-hybridized carbons (Fsp3) is 0.556. The van der Waals surface area contributed by atoms with Gasteiger partial charge in [-0.25, -0.2) is 4.98 Å². The number of imidazole rings is 1. The Balaban J connectivity index is 1.34. The van der Waals surface area contributed by atoms with E-state index in [0.29, 0.717) is 18.5 Å². The van der Waals surface area contributed by atoms with Crippen molar-refractivity contribution in [2.75, 3.05) is 20.1 Å². The summed E-state index contributed by atoms with van der Waals surface area (Å²) in [6.07, 6.45) is 6.83. The predicted molar refractivity (Wildman–Crippen MR) is 96.1 cm³/mol. The van der Waals surface area contributed by atoms with Crippen LogP contribution in [0.4, 0.5) is 0 Å². The lowest BCUT2D eigenvalue weighted by Gasteiger charge is -2.20. The SMILES string of the molecule is CN=C(NCc1cn2ccccc2n1)NC1CN(C2CC2)CC1C. The number of fused-ring (bicyclic) bond motifs is 1. The van der Waals surface area contributed by atoms with Gasteiger partial charge in [0, 0.05) is 44.6 Å². The molecule has 2 aliphatic rings. The van der Waals surface area contributed by atoms with Gasteiger partial charge in [-0.2, -0.15) is 0 Å². The van der Waals surface area contributed by atoms with Gasteiger partial charge in [-0.15, -0.1) is 0 Å². The minimum absolute atomic E-state index is 0.470. The first-order valence-corrected chi connectivity index (χ1v) is 8.87. The zero-order valence-corrected chi connectivity index (χ0v) is 14.4. The number of hydrogen-bond acceptors (Lipinski definition) is 3. The van der Waals surface area contributed by atoms with Gasteiger partial charge in [0.1, 0.15) is 5.65 Å². The highest BCUT2D eigenvalue weighted by molar-refractivity contribution is 5.80. The molecule has 6 heteroatoms. The van der Waals surface area contributed by atoms with Gasteiger partial charge in [0.25, 0.3) is 0 Å². The number of guanidine groups is 1. The van der Waals surface area contributed by atoms with Gasteiger partial charge in [0.05, 0.1) is 12.2 Å². The van der Waals surface area contributed by atoms with E-state index in [9.17, 15) is 0 Å². The third-order valence-corrected chi connectivity index (χ3v) is 5.10. The molecule has 1 saturated carbocycles. The second-order valence-electron chi connectivity index (χ2n) is 7.04. The Morgan fingerprint density at radius 3 is 2.96 bits per heavy atom. The van der Waals surface area contributed by atoms with Crippen LogP contribution in [0.15, 0.2) is 35.6 Å². The van der Waals surface area contributed by atoms with Gasteiger partial charge in [0.2, 0.25) is 0 Å². The van der Waals surface area contributed by atoms with E-state index < -0.39 is 0 Å². The maximum Gasteiger partial charge on any atom is 0.191 e. The molecular formula is C18H26N6. The van der Waals surface area contributed by atoms with Crippen LogP contribution in [0.3, 0.4) is 0 Å². The maximum atomic E-state index is 4.62. The van der Waals surface area contributed by atoms with Crippen LogP contribution in [-0.4, -0.2) is 52.5 Å². The first kappa shape index (κ1) is 15.4. The molecule has 1 aliphatic carbocycles. The standard InChI is InChI=1S/C18H26N6/c1-13-10-24(15-6-7-15)12-16(13)22-18(19-2)20-9-14-11-23-8-4-3-5-17(23)21-14/h3-5,8,11,13,15-16H,6-7,9-10,12H2,1-2H3,(H2,19,20,22). The van der Waals surface area contributed by atoms with Gasteiger partial charge in [-0.3, -0.25) is 9.89 Å². The molecule has 0 radical (unpaired) electrons. The van der Waals surface area contributed by atoms with Gasteiger partial charge in [-0.1, -0.05) is 13.0 Å². The molecule has 0 amide bonds. The Hall–Kier alpha value is -2.08. The van der Waals surface area contributed by atoms with Crippen molar-refractivity contribution in [1.29, 1.82) is 0 Å². The van der Waals surface area contributed by atoms with Crippen LogP contribution in [0.25, 0.3) is 5.65 Å². The second kappa shape index (κ2) is 6.43. The quantitative estimate of drug-likeness (QED) is 0.660. The predicted octanol–water partition coefficient (Wildman–Crippen LogP) is 1.48. The van der Waals surface area contributed by atoms with Crippen molar-refractivity contribution in [2.45, 2.75) is 38.4 Å². The Morgan fingerprint density at radius 2 is 2.21 bits per heavy atom. The zero-order chi connectivity index (χ0) is 16.5. The molecule has 2 fully saturated rings. The Morgan fingerprint density at radius 1 is 1.33 bits per heavy atom. The Labute approximate surface area is 143 Å². The molecule has 6 nitrogen and oxygen atoms in total. The molecule has 2 unspecified atom stereocenters. The van der Waals surface area contributed by atoms with Crippen LogP contribution >= 0.6 is 0 Å². The summed E-state index contributed by atoms with van der Waals surface area (Å²) in [5, 5.41) is 6.99. The van der Waals surface area contributed by atoms with E-state index in [-0.39, 0.29) is 0 Å². The molecule has 2 N–H and O–H groups in total. The summed E-state index contributed by atoms with van der Waals surface area (Å²) >= 11 is 0. The molecule has 1 aliphatic heterocycles. The maximum absolute atomic E-state index is 4.62. The van der Waals surface area contributed by atoms with E-state index in [2.05, 4.69) is 38.6 Å². The smallest absolute Gasteiger partial charge is 0.191 e. The molecule has 3 heterocycles. The normalized spacial score (nSPS) is 25.3. The van der Waals surface area contributed by atoms with Crippen molar-refractivity contribution in [2.24, 2.45) is 10.9 Å². The van der Waals surface area contributed by atoms with E-state index in [4.69, 9.17) is 0 Å². The van der Waals surface area contributed by atoms with E-state index in [0.717, 1.165) is 29.9 Å². The summed E-state index contributed by atoms with van der Waals surface area (Å²) in [4.78, 5) is 11.6. The minimum Gasteiger partial charge on any atom is -0.352 e. The number of likely N-dealkylation sites (tertiary alicyclic amines) is 1. The van der Waals surface area contributed by atoms with Gasteiger partial charge >= 0.3 is 0 Å². The van der Waals surface area contributed by atoms with Gasteiger partial charge in [-0.05, 0) is 30.9 Å². The van der Waals surface area contributed by atoms with Crippen LogP contribution in [0.1, 0.15) is 25.5 Å². The Bertz CT molecular complexity index is 699. The topological polar surface area (TPSA) is 57.0 Å². The van der Waals surface area contributed by atoms with Crippen molar-refractivity contribution in [3.8, 4) is 0 Å². The molecule has 24 heavy (non-hydrogen) atoms. The van der Waals surface area contributed by atoms with Crippen LogP contribution in [0, 0.1) is 5.92 Å². The number of rotatable bonds is 4. The molecule has 1 saturated heterocycles. The van der Waals surface area contributed by atoms with Crippen LogP contribution in [-0.2, 0) is 6.54 Å². The lowest BCUT2D eigenvalue weighted by Crippen LogP contribution is -2.46. The number of aromatic nitrogens is 2. The van der Waals surface area contributed by atoms with Crippen molar-refractivity contribution in [3.05, 3.63) is 36.3 Å². The van der Waals surface area contributed by atoms with Crippen LogP contribution in [0.2, 0.25) is 0 Å². The van der Waals surface area contributed by atoms with Gasteiger partial charge in [0.15, 0.2) is 5.96 Å². The number of nitrogens with one attached hydrogen (secondary N) is 2. The summed E-state index contributed by atoms with van der Waals surface area (Å²) in [7, 11) is 1.83. The average molecular weight is 326 g/mol. The molecule has 0 spiro atoms. The molecule has 0 aromatic carbocycles. The third kappa shape index (κ3) is 3.24. The van der Waals surface area contributed by atoms with E-state index in [1.807, 2.05) is 35.8 Å². The molecule has 2 aromatic heterocycles. The van der Waals surface area contributed by atoms with Crippen LogP contribution in [0.5, 0.6) is 0 Å². The lowest BCUT2D eigenvalue weighted by molar-refractivity contribution is 0.315. The van der Waals surface area contributed by atoms with Crippen molar-refractivity contribution < 1.29 is 0 Å². The molecule has 2 aromatic rings. The van der Waals surface area contributed by atoms with Gasteiger partial charge < -0.3 is 15.0 Å². The average Bonchev–Trinajstić information content (AvgIpc) is 3.26. The number of hydrogen-bond donors (Lipinski definition) is 2. The molecule has 2 atom stereocenters. The lowest BCUT2D eigenvalue weighted by atomic mass is 10.1. The summed E-state index contributed by atoms with van der Waals surface area (Å²) in [5.41, 5.74) is 1.99. The molecular weight excluding hydrogens is 300 g/mol. The number of nitrogens with zero attached hydrogens (tertiary/aromatic N) is 4. The monoisotopic (exact) mass is 326 g/mol. The van der Waals surface area contributed by atoms with Crippen molar-refractivity contribution in [3.63, 3.8) is 0 Å². The van der Waals surface area contributed by atoms with Crippen molar-refractivity contribution in [1.82, 2.24) is 24.9 Å². The third-order valence-electron chi connectivity index (χ3n) is 5.10.